The van der Waals surface area contributed by atoms with E-state index in [2.05, 4.69) is 30.0 Å². The number of anilines is 1. The number of H-pyrrole nitrogens is 1. The second-order valence-electron chi connectivity index (χ2n) is 6.09. The summed E-state index contributed by atoms with van der Waals surface area (Å²) < 4.78 is 11.4. The number of piperidine rings is 1. The summed E-state index contributed by atoms with van der Waals surface area (Å²) >= 11 is 0. The number of aromatic nitrogens is 5. The van der Waals surface area contributed by atoms with Crippen molar-refractivity contribution in [2.24, 2.45) is 5.92 Å². The largest absolute Gasteiger partial charge is 0.481 e. The fourth-order valence-corrected chi connectivity index (χ4v) is 3.42. The number of methoxy groups -OCH3 is 1. The molecule has 2 aliphatic rings. The van der Waals surface area contributed by atoms with E-state index < -0.39 is 0 Å². The van der Waals surface area contributed by atoms with Gasteiger partial charge in [0.1, 0.15) is 24.1 Å². The van der Waals surface area contributed by atoms with Gasteiger partial charge in [0.2, 0.25) is 5.88 Å². The summed E-state index contributed by atoms with van der Waals surface area (Å²) in [7, 11) is 1.61. The average Bonchev–Trinajstić information content (AvgIpc) is 3.20. The zero-order chi connectivity index (χ0) is 15.8. The monoisotopic (exact) mass is 316 g/mol. The van der Waals surface area contributed by atoms with Crippen LogP contribution in [-0.2, 0) is 4.74 Å². The van der Waals surface area contributed by atoms with Crippen LogP contribution in [0.25, 0.3) is 0 Å². The molecule has 1 N–H and O–H groups in total. The lowest BCUT2D eigenvalue weighted by molar-refractivity contribution is 0.0278. The van der Waals surface area contributed by atoms with Crippen LogP contribution < -0.4 is 9.64 Å². The van der Waals surface area contributed by atoms with Gasteiger partial charge < -0.3 is 14.4 Å². The molecule has 4 heterocycles. The molecule has 8 nitrogen and oxygen atoms in total. The molecule has 0 saturated carbocycles. The predicted molar refractivity (Wildman–Crippen MR) is 82.3 cm³/mol. The van der Waals surface area contributed by atoms with Gasteiger partial charge in [-0.1, -0.05) is 0 Å². The first kappa shape index (κ1) is 14.4. The first-order chi connectivity index (χ1) is 11.2. The zero-order valence-electron chi connectivity index (χ0n) is 13.3. The molecule has 23 heavy (non-hydrogen) atoms. The molecule has 2 aliphatic heterocycles. The van der Waals surface area contributed by atoms with Crippen molar-refractivity contribution in [1.82, 2.24) is 25.1 Å². The number of hydrogen-bond acceptors (Lipinski definition) is 7. The highest BCUT2D eigenvalue weighted by Crippen LogP contribution is 2.40. The average molecular weight is 316 g/mol. The highest BCUT2D eigenvalue weighted by atomic mass is 16.5. The number of rotatable bonds is 3. The van der Waals surface area contributed by atoms with E-state index in [1.54, 1.807) is 7.11 Å². The normalized spacial score (nSPS) is 27.0. The van der Waals surface area contributed by atoms with Crippen molar-refractivity contribution in [2.75, 3.05) is 25.1 Å². The van der Waals surface area contributed by atoms with Crippen LogP contribution >= 0.6 is 0 Å². The van der Waals surface area contributed by atoms with Gasteiger partial charge in [0.15, 0.2) is 5.82 Å². The Hall–Kier alpha value is -2.22. The standard InChI is InChI=1S/C15H20N6O2/c1-9-18-15(20-19-9)11-5-10-3-4-21(7-12(10)23-11)13-6-14(22-2)17-8-16-13/h6,8,10-12H,3-5,7H2,1-2H3,(H,18,19,20)/t10-,11+,12+/m1/s1. The lowest BCUT2D eigenvalue weighted by atomic mass is 9.91. The fourth-order valence-electron chi connectivity index (χ4n) is 3.42. The Morgan fingerprint density at radius 3 is 3.09 bits per heavy atom. The molecule has 0 bridgehead atoms. The van der Waals surface area contributed by atoms with Gasteiger partial charge >= 0.3 is 0 Å². The Labute approximate surface area is 134 Å². The lowest BCUT2D eigenvalue weighted by Crippen LogP contribution is -2.42. The van der Waals surface area contributed by atoms with Crippen molar-refractivity contribution in [2.45, 2.75) is 32.0 Å². The van der Waals surface area contributed by atoms with Crippen molar-refractivity contribution in [3.05, 3.63) is 24.0 Å². The van der Waals surface area contributed by atoms with Crippen LogP contribution in [0.4, 0.5) is 5.82 Å². The van der Waals surface area contributed by atoms with Gasteiger partial charge in [0, 0.05) is 19.2 Å². The summed E-state index contributed by atoms with van der Waals surface area (Å²) in [6.45, 7) is 3.69. The SMILES string of the molecule is COc1cc(N2CC[C@@H]3C[C@@H](c4n[nH]c(C)n4)O[C@H]3C2)ncn1. The van der Waals surface area contributed by atoms with Crippen LogP contribution in [0.3, 0.4) is 0 Å². The molecule has 3 atom stereocenters. The Morgan fingerprint density at radius 2 is 2.30 bits per heavy atom. The molecule has 8 heteroatoms. The summed E-state index contributed by atoms with van der Waals surface area (Å²) in [4.78, 5) is 15.1. The summed E-state index contributed by atoms with van der Waals surface area (Å²) in [5.74, 6) is 3.62. The van der Waals surface area contributed by atoms with Crippen LogP contribution in [0.1, 0.15) is 30.6 Å². The lowest BCUT2D eigenvalue weighted by Gasteiger charge is -2.34. The van der Waals surface area contributed by atoms with E-state index in [0.717, 1.165) is 43.4 Å². The molecule has 0 aliphatic carbocycles. The third kappa shape index (κ3) is 2.74. The third-order valence-electron chi connectivity index (χ3n) is 4.61. The minimum absolute atomic E-state index is 0.00478. The van der Waals surface area contributed by atoms with Crippen molar-refractivity contribution in [1.29, 1.82) is 0 Å². The van der Waals surface area contributed by atoms with Crippen molar-refractivity contribution in [3.63, 3.8) is 0 Å². The molecule has 0 aromatic carbocycles. The smallest absolute Gasteiger partial charge is 0.218 e. The zero-order valence-corrected chi connectivity index (χ0v) is 13.3. The van der Waals surface area contributed by atoms with Crippen LogP contribution in [0, 0.1) is 12.8 Å². The van der Waals surface area contributed by atoms with Crippen LogP contribution in [0.5, 0.6) is 5.88 Å². The van der Waals surface area contributed by atoms with Crippen molar-refractivity contribution < 1.29 is 9.47 Å². The fraction of sp³-hybridized carbons (Fsp3) is 0.600. The van der Waals surface area contributed by atoms with E-state index in [9.17, 15) is 0 Å². The highest BCUT2D eigenvalue weighted by Gasteiger charge is 2.41. The number of nitrogens with one attached hydrogen (secondary N) is 1. The van der Waals surface area contributed by atoms with E-state index in [-0.39, 0.29) is 12.2 Å². The highest BCUT2D eigenvalue weighted by molar-refractivity contribution is 5.41. The van der Waals surface area contributed by atoms with Crippen molar-refractivity contribution >= 4 is 5.82 Å². The number of fused-ring (bicyclic) bond motifs is 1. The van der Waals surface area contributed by atoms with Gasteiger partial charge in [0.25, 0.3) is 0 Å². The first-order valence-electron chi connectivity index (χ1n) is 7.88. The van der Waals surface area contributed by atoms with Gasteiger partial charge in [-0.05, 0) is 25.7 Å². The Bertz CT molecular complexity index is 690. The van der Waals surface area contributed by atoms with Gasteiger partial charge in [-0.25, -0.2) is 15.0 Å². The van der Waals surface area contributed by atoms with Crippen LogP contribution in [-0.4, -0.2) is 51.5 Å². The minimum atomic E-state index is -0.00478. The maximum absolute atomic E-state index is 6.21. The van der Waals surface area contributed by atoms with Crippen LogP contribution in [0.15, 0.2) is 12.4 Å². The van der Waals surface area contributed by atoms with Crippen molar-refractivity contribution in [3.8, 4) is 5.88 Å². The van der Waals surface area contributed by atoms with E-state index >= 15 is 0 Å². The molecule has 2 fully saturated rings. The molecule has 4 rings (SSSR count). The molecule has 2 aromatic heterocycles. The Balaban J connectivity index is 1.47. The second-order valence-corrected chi connectivity index (χ2v) is 6.09. The molecular weight excluding hydrogens is 296 g/mol. The number of aryl methyl sites for hydroxylation is 1. The molecule has 2 saturated heterocycles. The van der Waals surface area contributed by atoms with E-state index in [0.29, 0.717) is 11.8 Å². The molecule has 122 valence electrons. The Kier molecular flexibility index (Phi) is 3.60. The van der Waals surface area contributed by atoms with Gasteiger partial charge in [-0.3, -0.25) is 5.10 Å². The topological polar surface area (TPSA) is 89.0 Å². The maximum atomic E-state index is 6.21. The number of hydrogen-bond donors (Lipinski definition) is 1. The van der Waals surface area contributed by atoms with Gasteiger partial charge in [-0.15, -0.1) is 0 Å². The predicted octanol–water partition coefficient (Wildman–Crippen LogP) is 1.27. The second kappa shape index (κ2) is 5.77. The van der Waals surface area contributed by atoms with Crippen LogP contribution in [0.2, 0.25) is 0 Å². The molecular formula is C15H20N6O2. The summed E-state index contributed by atoms with van der Waals surface area (Å²) in [5.41, 5.74) is 0. The molecule has 0 spiro atoms. The number of nitrogens with zero attached hydrogens (tertiary/aromatic N) is 5. The summed E-state index contributed by atoms with van der Waals surface area (Å²) in [6, 6.07) is 1.87. The van der Waals surface area contributed by atoms with E-state index in [1.165, 1.54) is 6.33 Å². The Morgan fingerprint density at radius 1 is 1.39 bits per heavy atom. The number of ether oxygens (including phenoxy) is 2. The van der Waals surface area contributed by atoms with Gasteiger partial charge in [0.05, 0.1) is 13.2 Å². The molecule has 0 amide bonds. The first-order valence-corrected chi connectivity index (χ1v) is 7.88. The maximum Gasteiger partial charge on any atom is 0.218 e. The molecule has 0 unspecified atom stereocenters. The minimum Gasteiger partial charge on any atom is -0.481 e. The quantitative estimate of drug-likeness (QED) is 0.912. The third-order valence-corrected chi connectivity index (χ3v) is 4.61. The number of aromatic amines is 1. The summed E-state index contributed by atoms with van der Waals surface area (Å²) in [6.07, 6.45) is 3.79. The van der Waals surface area contributed by atoms with Gasteiger partial charge in [-0.2, -0.15) is 5.10 Å². The summed E-state index contributed by atoms with van der Waals surface area (Å²) in [5, 5.41) is 7.14. The molecule has 0 radical (unpaired) electrons. The van der Waals surface area contributed by atoms with E-state index in [4.69, 9.17) is 9.47 Å². The van der Waals surface area contributed by atoms with E-state index in [1.807, 2.05) is 13.0 Å². The molecule has 2 aromatic rings.